The van der Waals surface area contributed by atoms with Gasteiger partial charge in [0, 0.05) is 23.4 Å². The number of carbonyl (C=O) groups is 2. The predicted molar refractivity (Wildman–Crippen MR) is 130 cm³/mol. The van der Waals surface area contributed by atoms with E-state index in [2.05, 4.69) is 29.1 Å². The molecule has 1 unspecified atom stereocenters. The molecule has 1 atom stereocenters. The zero-order valence-electron chi connectivity index (χ0n) is 18.7. The van der Waals surface area contributed by atoms with Crippen LogP contribution in [0.1, 0.15) is 36.2 Å². The number of aromatic amines is 1. The zero-order chi connectivity index (χ0) is 22.9. The maximum absolute atomic E-state index is 13.3. The van der Waals surface area contributed by atoms with E-state index in [-0.39, 0.29) is 17.7 Å². The van der Waals surface area contributed by atoms with E-state index in [1.807, 2.05) is 72.8 Å². The molecule has 2 amide bonds. The van der Waals surface area contributed by atoms with Crippen LogP contribution in [0.4, 0.5) is 5.69 Å². The highest BCUT2D eigenvalue weighted by atomic mass is 16.2. The summed E-state index contributed by atoms with van der Waals surface area (Å²) in [6, 6.07) is 22.5. The van der Waals surface area contributed by atoms with Gasteiger partial charge in [-0.05, 0) is 60.4 Å². The van der Waals surface area contributed by atoms with Crippen LogP contribution in [-0.2, 0) is 11.3 Å². The first kappa shape index (κ1) is 20.9. The topological polar surface area (TPSA) is 78.1 Å². The standard InChI is InChI=1S/C27H26N4O2/c1-17(2)15-24(31-16-19-7-3-4-8-21(19)27(31)33)26(32)28-20-13-11-18(12-14-20)25-29-22-9-5-6-10-23(22)30-25/h3-14,17,24H,15-16H2,1-2H3,(H,28,32)(H,29,30). The van der Waals surface area contributed by atoms with Gasteiger partial charge in [0.2, 0.25) is 5.91 Å². The van der Waals surface area contributed by atoms with Crippen LogP contribution in [0.3, 0.4) is 0 Å². The van der Waals surface area contributed by atoms with Crippen molar-refractivity contribution >= 4 is 28.5 Å². The van der Waals surface area contributed by atoms with Gasteiger partial charge in [-0.3, -0.25) is 9.59 Å². The molecule has 1 aromatic heterocycles. The summed E-state index contributed by atoms with van der Waals surface area (Å²) >= 11 is 0. The van der Waals surface area contributed by atoms with Gasteiger partial charge in [0.25, 0.3) is 5.91 Å². The van der Waals surface area contributed by atoms with Crippen LogP contribution in [0, 0.1) is 5.92 Å². The number of amides is 2. The largest absolute Gasteiger partial charge is 0.338 e. The van der Waals surface area contributed by atoms with E-state index < -0.39 is 6.04 Å². The fourth-order valence-corrected chi connectivity index (χ4v) is 4.38. The van der Waals surface area contributed by atoms with Crippen LogP contribution in [-0.4, -0.2) is 32.7 Å². The Hall–Kier alpha value is -3.93. The van der Waals surface area contributed by atoms with Crippen molar-refractivity contribution < 1.29 is 9.59 Å². The molecule has 3 aromatic carbocycles. The molecule has 1 aliphatic rings. The van der Waals surface area contributed by atoms with Crippen LogP contribution in [0.25, 0.3) is 22.4 Å². The van der Waals surface area contributed by atoms with E-state index in [9.17, 15) is 9.59 Å². The Morgan fingerprint density at radius 2 is 1.76 bits per heavy atom. The normalized spacial score (nSPS) is 14.0. The number of para-hydroxylation sites is 2. The SMILES string of the molecule is CC(C)CC(C(=O)Nc1ccc(-c2nc3ccccc3[nH]2)cc1)N1Cc2ccccc2C1=O. The van der Waals surface area contributed by atoms with E-state index >= 15 is 0 Å². The van der Waals surface area contributed by atoms with Crippen LogP contribution in [0.2, 0.25) is 0 Å². The molecule has 0 saturated carbocycles. The molecule has 0 saturated heterocycles. The van der Waals surface area contributed by atoms with Crippen molar-refractivity contribution in [3.05, 3.63) is 83.9 Å². The summed E-state index contributed by atoms with van der Waals surface area (Å²) in [4.78, 5) is 35.9. The minimum atomic E-state index is -0.528. The van der Waals surface area contributed by atoms with Crippen molar-refractivity contribution in [1.29, 1.82) is 0 Å². The third kappa shape index (κ3) is 4.12. The van der Waals surface area contributed by atoms with Gasteiger partial charge in [0.05, 0.1) is 11.0 Å². The van der Waals surface area contributed by atoms with E-state index in [0.29, 0.717) is 24.2 Å². The first-order chi connectivity index (χ1) is 16.0. The molecule has 1 aliphatic heterocycles. The maximum Gasteiger partial charge on any atom is 0.255 e. The number of hydrogen-bond acceptors (Lipinski definition) is 3. The summed E-state index contributed by atoms with van der Waals surface area (Å²) in [6.07, 6.45) is 0.600. The van der Waals surface area contributed by atoms with Crippen LogP contribution in [0.15, 0.2) is 72.8 Å². The molecular formula is C27H26N4O2. The number of imidazole rings is 1. The number of aromatic nitrogens is 2. The van der Waals surface area contributed by atoms with E-state index in [1.54, 1.807) is 4.90 Å². The quantitative estimate of drug-likeness (QED) is 0.432. The lowest BCUT2D eigenvalue weighted by Crippen LogP contribution is -2.45. The van der Waals surface area contributed by atoms with Gasteiger partial charge in [-0.1, -0.05) is 44.2 Å². The molecule has 166 valence electrons. The molecule has 6 nitrogen and oxygen atoms in total. The minimum absolute atomic E-state index is 0.0772. The monoisotopic (exact) mass is 438 g/mol. The Balaban J connectivity index is 1.34. The van der Waals surface area contributed by atoms with Gasteiger partial charge in [-0.2, -0.15) is 0 Å². The van der Waals surface area contributed by atoms with Crippen molar-refractivity contribution in [1.82, 2.24) is 14.9 Å². The first-order valence-corrected chi connectivity index (χ1v) is 11.2. The van der Waals surface area contributed by atoms with Crippen molar-refractivity contribution in [2.45, 2.75) is 32.9 Å². The first-order valence-electron chi connectivity index (χ1n) is 11.2. The fourth-order valence-electron chi connectivity index (χ4n) is 4.38. The van der Waals surface area contributed by atoms with Gasteiger partial charge >= 0.3 is 0 Å². The molecule has 0 aliphatic carbocycles. The molecule has 4 aromatic rings. The zero-order valence-corrected chi connectivity index (χ0v) is 18.7. The molecular weight excluding hydrogens is 412 g/mol. The average molecular weight is 439 g/mol. The number of anilines is 1. The second-order valence-corrected chi connectivity index (χ2v) is 8.90. The number of fused-ring (bicyclic) bond motifs is 2. The van der Waals surface area contributed by atoms with E-state index in [4.69, 9.17) is 0 Å². The van der Waals surface area contributed by atoms with Crippen molar-refractivity contribution in [2.75, 3.05) is 5.32 Å². The Morgan fingerprint density at radius 3 is 2.48 bits per heavy atom. The lowest BCUT2D eigenvalue weighted by molar-refractivity contribution is -0.121. The Bertz CT molecular complexity index is 1290. The van der Waals surface area contributed by atoms with Crippen molar-refractivity contribution in [3.8, 4) is 11.4 Å². The van der Waals surface area contributed by atoms with E-state index in [1.165, 1.54) is 0 Å². The Labute approximate surface area is 192 Å². The minimum Gasteiger partial charge on any atom is -0.338 e. The highest BCUT2D eigenvalue weighted by Crippen LogP contribution is 2.28. The highest BCUT2D eigenvalue weighted by Gasteiger charge is 2.36. The predicted octanol–water partition coefficient (Wildman–Crippen LogP) is 5.24. The molecule has 6 heteroatoms. The molecule has 33 heavy (non-hydrogen) atoms. The summed E-state index contributed by atoms with van der Waals surface area (Å²) in [7, 11) is 0. The lowest BCUT2D eigenvalue weighted by Gasteiger charge is -2.28. The second kappa shape index (κ2) is 8.54. The highest BCUT2D eigenvalue weighted by molar-refractivity contribution is 6.03. The Kier molecular flexibility index (Phi) is 5.42. The molecule has 2 heterocycles. The average Bonchev–Trinajstić information content (AvgIpc) is 3.39. The summed E-state index contributed by atoms with van der Waals surface area (Å²) in [5, 5.41) is 3.01. The number of rotatable bonds is 6. The third-order valence-electron chi connectivity index (χ3n) is 6.04. The van der Waals surface area contributed by atoms with Gasteiger partial charge < -0.3 is 15.2 Å². The number of nitrogens with zero attached hydrogens (tertiary/aromatic N) is 2. The van der Waals surface area contributed by atoms with Crippen molar-refractivity contribution in [3.63, 3.8) is 0 Å². The van der Waals surface area contributed by atoms with Gasteiger partial charge in [-0.15, -0.1) is 0 Å². The number of hydrogen-bond donors (Lipinski definition) is 2. The van der Waals surface area contributed by atoms with E-state index in [0.717, 1.165) is 28.0 Å². The van der Waals surface area contributed by atoms with Gasteiger partial charge in [-0.25, -0.2) is 4.98 Å². The van der Waals surface area contributed by atoms with Crippen LogP contribution >= 0.6 is 0 Å². The van der Waals surface area contributed by atoms with Gasteiger partial charge in [0.1, 0.15) is 11.9 Å². The summed E-state index contributed by atoms with van der Waals surface area (Å²) in [5.74, 6) is 0.813. The number of benzene rings is 3. The number of nitrogens with one attached hydrogen (secondary N) is 2. The molecule has 5 rings (SSSR count). The third-order valence-corrected chi connectivity index (χ3v) is 6.04. The number of H-pyrrole nitrogens is 1. The molecule has 0 spiro atoms. The van der Waals surface area contributed by atoms with Crippen LogP contribution < -0.4 is 5.32 Å². The summed E-state index contributed by atoms with van der Waals surface area (Å²) in [6.45, 7) is 4.59. The number of carbonyl (C=O) groups excluding carboxylic acids is 2. The smallest absolute Gasteiger partial charge is 0.255 e. The lowest BCUT2D eigenvalue weighted by atomic mass is 10.0. The Morgan fingerprint density at radius 1 is 1.03 bits per heavy atom. The molecule has 2 N–H and O–H groups in total. The molecule has 0 bridgehead atoms. The summed E-state index contributed by atoms with van der Waals surface area (Å²) < 4.78 is 0. The van der Waals surface area contributed by atoms with Gasteiger partial charge in [0.15, 0.2) is 0 Å². The second-order valence-electron chi connectivity index (χ2n) is 8.90. The molecule has 0 radical (unpaired) electrons. The van der Waals surface area contributed by atoms with Crippen LogP contribution in [0.5, 0.6) is 0 Å². The maximum atomic E-state index is 13.3. The van der Waals surface area contributed by atoms with Crippen molar-refractivity contribution in [2.24, 2.45) is 5.92 Å². The molecule has 0 fully saturated rings. The fraction of sp³-hybridized carbons (Fsp3) is 0.222. The summed E-state index contributed by atoms with van der Waals surface area (Å²) in [5.41, 5.74) is 5.19.